The molecule has 0 radical (unpaired) electrons. The highest BCUT2D eigenvalue weighted by Gasteiger charge is 2.48. The summed E-state index contributed by atoms with van der Waals surface area (Å²) < 4.78 is 0. The maximum absolute atomic E-state index is 11.7. The van der Waals surface area contributed by atoms with E-state index in [2.05, 4.69) is 39.9 Å². The number of carbonyl (C=O) groups excluding carboxylic acids is 1. The average molecular weight is 183 g/mol. The molecular weight excluding hydrogens is 162 g/mol. The summed E-state index contributed by atoms with van der Waals surface area (Å²) in [6.45, 7) is 10.6. The van der Waals surface area contributed by atoms with Crippen LogP contribution in [0.5, 0.6) is 0 Å². The average Bonchev–Trinajstić information content (AvgIpc) is 2.23. The summed E-state index contributed by atoms with van der Waals surface area (Å²) in [5, 5.41) is 3.11. The van der Waals surface area contributed by atoms with Crippen LogP contribution in [0.2, 0.25) is 0 Å². The molecule has 0 aromatic heterocycles. The summed E-state index contributed by atoms with van der Waals surface area (Å²) in [4.78, 5) is 11.7. The van der Waals surface area contributed by atoms with E-state index in [1.54, 1.807) is 0 Å². The van der Waals surface area contributed by atoms with Gasteiger partial charge in [-0.3, -0.25) is 4.79 Å². The molecule has 0 spiro atoms. The van der Waals surface area contributed by atoms with Gasteiger partial charge in [-0.15, -0.1) is 0 Å². The molecule has 1 heterocycles. The lowest BCUT2D eigenvalue weighted by molar-refractivity contribution is -0.127. The number of carbonyl (C=O) groups is 1. The Hall–Kier alpha value is -0.530. The lowest BCUT2D eigenvalue weighted by Gasteiger charge is -2.28. The minimum atomic E-state index is -0.177. The monoisotopic (exact) mass is 183 g/mol. The first-order valence-electron chi connectivity index (χ1n) is 5.22. The second kappa shape index (κ2) is 3.32. The van der Waals surface area contributed by atoms with Crippen LogP contribution >= 0.6 is 0 Å². The molecule has 2 unspecified atom stereocenters. The highest BCUT2D eigenvalue weighted by atomic mass is 16.2. The lowest BCUT2D eigenvalue weighted by atomic mass is 9.74. The predicted octanol–water partition coefficient (Wildman–Crippen LogP) is 2.19. The van der Waals surface area contributed by atoms with Crippen LogP contribution in [0.1, 0.15) is 41.0 Å². The fourth-order valence-electron chi connectivity index (χ4n) is 2.45. The van der Waals surface area contributed by atoms with Gasteiger partial charge in [0.15, 0.2) is 0 Å². The van der Waals surface area contributed by atoms with Crippen LogP contribution in [0.4, 0.5) is 0 Å². The van der Waals surface area contributed by atoms with Gasteiger partial charge in [-0.05, 0) is 11.8 Å². The quantitative estimate of drug-likeness (QED) is 0.698. The first-order chi connectivity index (χ1) is 5.91. The molecule has 0 bridgehead atoms. The Labute approximate surface area is 81.1 Å². The van der Waals surface area contributed by atoms with Crippen molar-refractivity contribution in [2.24, 2.45) is 17.3 Å². The zero-order valence-corrected chi connectivity index (χ0v) is 9.35. The first kappa shape index (κ1) is 10.6. The van der Waals surface area contributed by atoms with E-state index in [-0.39, 0.29) is 11.3 Å². The minimum Gasteiger partial charge on any atom is -0.352 e. The van der Waals surface area contributed by atoms with Gasteiger partial charge >= 0.3 is 0 Å². The van der Waals surface area contributed by atoms with E-state index in [4.69, 9.17) is 0 Å². The van der Waals surface area contributed by atoms with Crippen LogP contribution in [-0.4, -0.2) is 11.9 Å². The fraction of sp³-hybridized carbons (Fsp3) is 0.909. The summed E-state index contributed by atoms with van der Waals surface area (Å²) >= 11 is 0. The van der Waals surface area contributed by atoms with Crippen molar-refractivity contribution >= 4 is 5.91 Å². The third-order valence-corrected chi connectivity index (χ3v) is 3.40. The van der Waals surface area contributed by atoms with E-state index in [0.29, 0.717) is 17.9 Å². The van der Waals surface area contributed by atoms with Crippen molar-refractivity contribution in [3.8, 4) is 0 Å². The Morgan fingerprint density at radius 2 is 2.00 bits per heavy atom. The van der Waals surface area contributed by atoms with Crippen LogP contribution in [0.15, 0.2) is 0 Å². The number of rotatable bonds is 2. The van der Waals surface area contributed by atoms with Crippen molar-refractivity contribution in [1.29, 1.82) is 0 Å². The van der Waals surface area contributed by atoms with Crippen LogP contribution in [0.3, 0.4) is 0 Å². The smallest absolute Gasteiger partial charge is 0.226 e. The molecule has 1 N–H and O–H groups in total. The molecule has 0 saturated carbocycles. The fourth-order valence-corrected chi connectivity index (χ4v) is 2.45. The van der Waals surface area contributed by atoms with Gasteiger partial charge in [0, 0.05) is 11.5 Å². The molecule has 2 heteroatoms. The number of hydrogen-bond acceptors (Lipinski definition) is 1. The molecule has 1 aliphatic heterocycles. The second-order valence-electron chi connectivity index (χ2n) is 4.98. The Kier molecular flexibility index (Phi) is 2.69. The summed E-state index contributed by atoms with van der Waals surface area (Å²) in [7, 11) is 0. The van der Waals surface area contributed by atoms with Gasteiger partial charge < -0.3 is 5.32 Å². The zero-order valence-electron chi connectivity index (χ0n) is 9.35. The van der Waals surface area contributed by atoms with E-state index < -0.39 is 0 Å². The number of nitrogens with one attached hydrogen (secondary N) is 1. The molecule has 2 atom stereocenters. The third-order valence-electron chi connectivity index (χ3n) is 3.40. The van der Waals surface area contributed by atoms with Crippen LogP contribution < -0.4 is 5.32 Å². The Bertz CT molecular complexity index is 208. The number of hydrogen-bond donors (Lipinski definition) is 1. The molecule has 13 heavy (non-hydrogen) atoms. The van der Waals surface area contributed by atoms with Gasteiger partial charge in [0.05, 0.1) is 0 Å². The second-order valence-corrected chi connectivity index (χ2v) is 4.98. The van der Waals surface area contributed by atoms with Gasteiger partial charge in [0.25, 0.3) is 0 Å². The van der Waals surface area contributed by atoms with Crippen molar-refractivity contribution in [3.05, 3.63) is 0 Å². The largest absolute Gasteiger partial charge is 0.352 e. The zero-order chi connectivity index (χ0) is 10.2. The van der Waals surface area contributed by atoms with Crippen molar-refractivity contribution in [2.45, 2.75) is 47.1 Å². The maximum Gasteiger partial charge on any atom is 0.226 e. The van der Waals surface area contributed by atoms with Crippen LogP contribution in [0.25, 0.3) is 0 Å². The maximum atomic E-state index is 11.7. The van der Waals surface area contributed by atoms with Gasteiger partial charge in [-0.2, -0.15) is 0 Å². The molecular formula is C11H21NO. The normalized spacial score (nSPS) is 32.3. The standard InChI is InChI=1S/C11H21NO/c1-6-8-9(7(2)3)12-10(13)11(8,4)5/h7-9H,6H2,1-5H3,(H,12,13). The molecule has 1 amide bonds. The first-order valence-corrected chi connectivity index (χ1v) is 5.22. The molecule has 2 nitrogen and oxygen atoms in total. The SMILES string of the molecule is CCC1C(C(C)C)NC(=O)C1(C)C. The summed E-state index contributed by atoms with van der Waals surface area (Å²) in [5.41, 5.74) is -0.177. The van der Waals surface area contributed by atoms with E-state index in [1.807, 2.05) is 0 Å². The van der Waals surface area contributed by atoms with E-state index in [1.165, 1.54) is 0 Å². The van der Waals surface area contributed by atoms with Crippen LogP contribution in [-0.2, 0) is 4.79 Å². The lowest BCUT2D eigenvalue weighted by Crippen LogP contribution is -2.33. The highest BCUT2D eigenvalue weighted by molar-refractivity contribution is 5.85. The van der Waals surface area contributed by atoms with Crippen LogP contribution in [0, 0.1) is 17.3 Å². The Morgan fingerprint density at radius 1 is 1.46 bits per heavy atom. The Morgan fingerprint density at radius 3 is 2.31 bits per heavy atom. The number of amides is 1. The van der Waals surface area contributed by atoms with E-state index in [9.17, 15) is 4.79 Å². The molecule has 1 saturated heterocycles. The van der Waals surface area contributed by atoms with Gasteiger partial charge in [-0.1, -0.05) is 41.0 Å². The van der Waals surface area contributed by atoms with E-state index in [0.717, 1.165) is 6.42 Å². The van der Waals surface area contributed by atoms with Crippen molar-refractivity contribution in [3.63, 3.8) is 0 Å². The van der Waals surface area contributed by atoms with E-state index >= 15 is 0 Å². The summed E-state index contributed by atoms with van der Waals surface area (Å²) in [6, 6.07) is 0.368. The molecule has 0 aromatic carbocycles. The van der Waals surface area contributed by atoms with Gasteiger partial charge in [-0.25, -0.2) is 0 Å². The summed E-state index contributed by atoms with van der Waals surface area (Å²) in [5.74, 6) is 1.24. The minimum absolute atomic E-state index is 0.177. The predicted molar refractivity (Wildman–Crippen MR) is 54.3 cm³/mol. The third kappa shape index (κ3) is 1.59. The molecule has 0 aliphatic carbocycles. The van der Waals surface area contributed by atoms with Gasteiger partial charge in [0.2, 0.25) is 5.91 Å². The molecule has 1 rings (SSSR count). The highest BCUT2D eigenvalue weighted by Crippen LogP contribution is 2.39. The van der Waals surface area contributed by atoms with Crippen molar-refractivity contribution in [1.82, 2.24) is 5.32 Å². The molecule has 1 aliphatic rings. The Balaban J connectivity index is 2.88. The molecule has 0 aromatic rings. The molecule has 1 fully saturated rings. The molecule has 76 valence electrons. The van der Waals surface area contributed by atoms with Crippen molar-refractivity contribution < 1.29 is 4.79 Å². The summed E-state index contributed by atoms with van der Waals surface area (Å²) in [6.07, 6.45) is 1.08. The topological polar surface area (TPSA) is 29.1 Å². The van der Waals surface area contributed by atoms with Gasteiger partial charge in [0.1, 0.15) is 0 Å². The van der Waals surface area contributed by atoms with Crippen molar-refractivity contribution in [2.75, 3.05) is 0 Å².